The van der Waals surface area contributed by atoms with Crippen molar-refractivity contribution in [1.82, 2.24) is 15.0 Å². The highest BCUT2D eigenvalue weighted by molar-refractivity contribution is 5.88. The van der Waals surface area contributed by atoms with Gasteiger partial charge in [-0.3, -0.25) is 0 Å². The quantitative estimate of drug-likeness (QED) is 0.829. The first-order valence-corrected chi connectivity index (χ1v) is 7.46. The highest BCUT2D eigenvalue weighted by Gasteiger charge is 2.38. The van der Waals surface area contributed by atoms with E-state index in [1.807, 2.05) is 0 Å². The number of esters is 1. The van der Waals surface area contributed by atoms with Crippen LogP contribution in [-0.2, 0) is 11.3 Å². The molecule has 110 valence electrons. The van der Waals surface area contributed by atoms with Crippen LogP contribution in [0.1, 0.15) is 67.5 Å². The predicted octanol–water partition coefficient (Wildman–Crippen LogP) is 1.64. The smallest absolute Gasteiger partial charge is 0.360 e. The summed E-state index contributed by atoms with van der Waals surface area (Å²) in [6.07, 6.45) is 5.80. The van der Waals surface area contributed by atoms with Gasteiger partial charge in [-0.15, -0.1) is 5.10 Å². The van der Waals surface area contributed by atoms with Gasteiger partial charge in [0.25, 0.3) is 0 Å². The van der Waals surface area contributed by atoms with E-state index in [1.54, 1.807) is 11.6 Å². The van der Waals surface area contributed by atoms with Gasteiger partial charge in [0.2, 0.25) is 0 Å². The minimum absolute atomic E-state index is 0.330. The molecule has 2 aliphatic carbocycles. The summed E-state index contributed by atoms with van der Waals surface area (Å²) in [5, 5.41) is 18.6. The summed E-state index contributed by atoms with van der Waals surface area (Å²) in [4.78, 5) is 11.9. The highest BCUT2D eigenvalue weighted by Crippen LogP contribution is 2.42. The number of carbonyl (C=O) groups excluding carboxylic acids is 1. The van der Waals surface area contributed by atoms with Crippen LogP contribution >= 0.6 is 0 Å². The fraction of sp³-hybridized carbons (Fsp3) is 0.786. The molecule has 0 radical (unpaired) electrons. The van der Waals surface area contributed by atoms with Crippen molar-refractivity contribution in [3.8, 4) is 0 Å². The zero-order valence-corrected chi connectivity index (χ0v) is 11.8. The predicted molar refractivity (Wildman–Crippen MR) is 71.4 cm³/mol. The Balaban J connectivity index is 1.85. The molecule has 0 unspecified atom stereocenters. The lowest BCUT2D eigenvalue weighted by atomic mass is 10.0. The van der Waals surface area contributed by atoms with Gasteiger partial charge >= 0.3 is 5.97 Å². The number of rotatable bonds is 5. The third kappa shape index (κ3) is 2.57. The molecule has 1 heterocycles. The summed E-state index contributed by atoms with van der Waals surface area (Å²) in [5.74, 6) is -0.0616. The summed E-state index contributed by atoms with van der Waals surface area (Å²) >= 11 is 0. The van der Waals surface area contributed by atoms with E-state index >= 15 is 0 Å². The standard InChI is InChI=1S/C14H21N3O3/c1-2-20-13(18)11-12(10-5-6-10)17(16-15-11)9-14(19)7-3-4-8-14/h10,19H,2-9H2,1H3. The number of aliphatic hydroxyl groups is 1. The summed E-state index contributed by atoms with van der Waals surface area (Å²) in [6.45, 7) is 2.55. The zero-order valence-electron chi connectivity index (χ0n) is 11.8. The van der Waals surface area contributed by atoms with Crippen LogP contribution in [0.4, 0.5) is 0 Å². The highest BCUT2D eigenvalue weighted by atomic mass is 16.5. The van der Waals surface area contributed by atoms with Crippen molar-refractivity contribution in [3.63, 3.8) is 0 Å². The van der Waals surface area contributed by atoms with E-state index < -0.39 is 11.6 Å². The van der Waals surface area contributed by atoms with E-state index in [0.29, 0.717) is 24.8 Å². The van der Waals surface area contributed by atoms with Crippen LogP contribution in [0.15, 0.2) is 0 Å². The molecule has 1 N–H and O–H groups in total. The first-order chi connectivity index (χ1) is 9.63. The average Bonchev–Trinajstić information content (AvgIpc) is 3.03. The molecule has 0 amide bonds. The fourth-order valence-electron chi connectivity index (χ4n) is 3.01. The van der Waals surface area contributed by atoms with Crippen LogP contribution in [0.3, 0.4) is 0 Å². The maximum Gasteiger partial charge on any atom is 0.360 e. The van der Waals surface area contributed by atoms with Gasteiger partial charge in [0.05, 0.1) is 24.4 Å². The van der Waals surface area contributed by atoms with Gasteiger partial charge in [0, 0.05) is 5.92 Å². The molecule has 0 atom stereocenters. The summed E-state index contributed by atoms with van der Waals surface area (Å²) in [6, 6.07) is 0. The van der Waals surface area contributed by atoms with Crippen molar-refractivity contribution in [2.24, 2.45) is 0 Å². The average molecular weight is 279 g/mol. The molecule has 0 saturated heterocycles. The van der Waals surface area contributed by atoms with Crippen molar-refractivity contribution in [2.75, 3.05) is 6.61 Å². The fourth-order valence-corrected chi connectivity index (χ4v) is 3.01. The SMILES string of the molecule is CCOC(=O)c1nnn(CC2(O)CCCC2)c1C1CC1. The van der Waals surface area contributed by atoms with E-state index in [-0.39, 0.29) is 0 Å². The monoisotopic (exact) mass is 279 g/mol. The van der Waals surface area contributed by atoms with Gasteiger partial charge in [0.1, 0.15) is 0 Å². The molecular formula is C14H21N3O3. The van der Waals surface area contributed by atoms with E-state index in [1.165, 1.54) is 0 Å². The minimum Gasteiger partial charge on any atom is -0.461 e. The second-order valence-corrected chi connectivity index (χ2v) is 5.91. The third-order valence-electron chi connectivity index (χ3n) is 4.18. The maximum absolute atomic E-state index is 11.9. The van der Waals surface area contributed by atoms with E-state index in [9.17, 15) is 9.90 Å². The second kappa shape index (κ2) is 5.16. The molecule has 3 rings (SSSR count). The van der Waals surface area contributed by atoms with Crippen molar-refractivity contribution >= 4 is 5.97 Å². The van der Waals surface area contributed by atoms with Crippen LogP contribution in [0.2, 0.25) is 0 Å². The summed E-state index contributed by atoms with van der Waals surface area (Å²) in [5.41, 5.74) is 0.489. The molecule has 1 aromatic heterocycles. The normalized spacial score (nSPS) is 21.1. The number of hydrogen-bond acceptors (Lipinski definition) is 5. The van der Waals surface area contributed by atoms with Gasteiger partial charge in [-0.2, -0.15) is 0 Å². The molecule has 2 aliphatic rings. The molecule has 0 bridgehead atoms. The topological polar surface area (TPSA) is 77.2 Å². The molecule has 0 spiro atoms. The van der Waals surface area contributed by atoms with Crippen LogP contribution in [0, 0.1) is 0 Å². The number of ether oxygens (including phenoxy) is 1. The lowest BCUT2D eigenvalue weighted by Gasteiger charge is -2.22. The Morgan fingerprint density at radius 1 is 1.45 bits per heavy atom. The van der Waals surface area contributed by atoms with E-state index in [4.69, 9.17) is 4.74 Å². The molecule has 2 saturated carbocycles. The Labute approximate surface area is 118 Å². The largest absolute Gasteiger partial charge is 0.461 e. The third-order valence-corrected chi connectivity index (χ3v) is 4.18. The van der Waals surface area contributed by atoms with Crippen LogP contribution in [-0.4, -0.2) is 38.3 Å². The van der Waals surface area contributed by atoms with Gasteiger partial charge in [-0.25, -0.2) is 9.48 Å². The van der Waals surface area contributed by atoms with E-state index in [0.717, 1.165) is 44.2 Å². The number of carbonyl (C=O) groups is 1. The first-order valence-electron chi connectivity index (χ1n) is 7.46. The van der Waals surface area contributed by atoms with Crippen LogP contribution < -0.4 is 0 Å². The van der Waals surface area contributed by atoms with Gasteiger partial charge in [-0.1, -0.05) is 18.1 Å². The Kier molecular flexibility index (Phi) is 3.50. The van der Waals surface area contributed by atoms with Crippen molar-refractivity contribution in [2.45, 2.75) is 63.5 Å². The molecular weight excluding hydrogens is 258 g/mol. The van der Waals surface area contributed by atoms with Crippen LogP contribution in [0.25, 0.3) is 0 Å². The minimum atomic E-state index is -0.691. The number of nitrogens with zero attached hydrogens (tertiary/aromatic N) is 3. The van der Waals surface area contributed by atoms with E-state index in [2.05, 4.69) is 10.3 Å². The molecule has 20 heavy (non-hydrogen) atoms. The summed E-state index contributed by atoms with van der Waals surface area (Å²) < 4.78 is 6.77. The Bertz CT molecular complexity index is 502. The number of hydrogen-bond donors (Lipinski definition) is 1. The van der Waals surface area contributed by atoms with Gasteiger partial charge in [-0.05, 0) is 32.6 Å². The zero-order chi connectivity index (χ0) is 14.2. The molecule has 2 fully saturated rings. The lowest BCUT2D eigenvalue weighted by molar-refractivity contribution is 0.0250. The molecule has 6 nitrogen and oxygen atoms in total. The molecule has 0 aliphatic heterocycles. The summed E-state index contributed by atoms with van der Waals surface area (Å²) in [7, 11) is 0. The Morgan fingerprint density at radius 2 is 2.15 bits per heavy atom. The molecule has 0 aromatic carbocycles. The molecule has 6 heteroatoms. The maximum atomic E-state index is 11.9. The van der Waals surface area contributed by atoms with Gasteiger partial charge < -0.3 is 9.84 Å². The lowest BCUT2D eigenvalue weighted by Crippen LogP contribution is -2.32. The Hall–Kier alpha value is -1.43. The van der Waals surface area contributed by atoms with Crippen molar-refractivity contribution in [1.29, 1.82) is 0 Å². The van der Waals surface area contributed by atoms with Crippen molar-refractivity contribution < 1.29 is 14.6 Å². The number of aromatic nitrogens is 3. The molecule has 1 aromatic rings. The van der Waals surface area contributed by atoms with Crippen LogP contribution in [0.5, 0.6) is 0 Å². The Morgan fingerprint density at radius 3 is 2.75 bits per heavy atom. The van der Waals surface area contributed by atoms with Gasteiger partial charge in [0.15, 0.2) is 5.69 Å². The van der Waals surface area contributed by atoms with Crippen molar-refractivity contribution in [3.05, 3.63) is 11.4 Å². The first kappa shape index (κ1) is 13.5. The second-order valence-electron chi connectivity index (χ2n) is 5.91.